The van der Waals surface area contributed by atoms with Gasteiger partial charge < -0.3 is 5.32 Å². The van der Waals surface area contributed by atoms with Gasteiger partial charge in [-0.3, -0.25) is 4.72 Å². The first-order valence-electron chi connectivity index (χ1n) is 8.61. The molecular formula is C19H23BrN2O2S. The molecule has 25 heavy (non-hydrogen) atoms. The summed E-state index contributed by atoms with van der Waals surface area (Å²) in [6, 6.07) is 13.0. The van der Waals surface area contributed by atoms with Crippen LogP contribution < -0.4 is 10.0 Å². The number of anilines is 1. The van der Waals surface area contributed by atoms with E-state index in [0.717, 1.165) is 36.7 Å². The van der Waals surface area contributed by atoms with Crippen molar-refractivity contribution in [2.45, 2.75) is 43.5 Å². The normalized spacial score (nSPS) is 17.1. The third kappa shape index (κ3) is 4.63. The van der Waals surface area contributed by atoms with Gasteiger partial charge in [0.15, 0.2) is 0 Å². The molecule has 134 valence electrons. The molecule has 2 aromatic carbocycles. The zero-order valence-electron chi connectivity index (χ0n) is 14.3. The molecule has 1 unspecified atom stereocenters. The van der Waals surface area contributed by atoms with E-state index in [-0.39, 0.29) is 4.90 Å². The molecule has 0 amide bonds. The zero-order valence-corrected chi connectivity index (χ0v) is 16.7. The third-order valence-corrected chi connectivity index (χ3v) is 6.42. The zero-order chi connectivity index (χ0) is 17.9. The highest BCUT2D eigenvalue weighted by Gasteiger charge is 2.20. The summed E-state index contributed by atoms with van der Waals surface area (Å²) in [6.45, 7) is 3.22. The lowest BCUT2D eigenvalue weighted by atomic mass is 9.88. The van der Waals surface area contributed by atoms with Crippen molar-refractivity contribution in [2.24, 2.45) is 0 Å². The van der Waals surface area contributed by atoms with Crippen molar-refractivity contribution in [3.05, 3.63) is 58.1 Å². The van der Waals surface area contributed by atoms with E-state index >= 15 is 0 Å². The lowest BCUT2D eigenvalue weighted by Gasteiger charge is -2.26. The van der Waals surface area contributed by atoms with Gasteiger partial charge in [0.05, 0.1) is 4.90 Å². The van der Waals surface area contributed by atoms with Crippen molar-refractivity contribution in [1.82, 2.24) is 5.32 Å². The Morgan fingerprint density at radius 1 is 1.12 bits per heavy atom. The van der Waals surface area contributed by atoms with Crippen molar-refractivity contribution < 1.29 is 8.42 Å². The topological polar surface area (TPSA) is 58.2 Å². The SMILES string of the molecule is CCCNC1CCc2cc(NS(=O)(=O)c3ccc(Br)cc3)ccc2C1. The Bertz CT molecular complexity index is 835. The van der Waals surface area contributed by atoms with Gasteiger partial charge in [0.2, 0.25) is 0 Å². The largest absolute Gasteiger partial charge is 0.314 e. The Kier molecular flexibility index (Phi) is 5.81. The summed E-state index contributed by atoms with van der Waals surface area (Å²) in [4.78, 5) is 0.261. The second-order valence-corrected chi connectivity index (χ2v) is 9.03. The van der Waals surface area contributed by atoms with Gasteiger partial charge in [0, 0.05) is 16.2 Å². The number of sulfonamides is 1. The lowest BCUT2D eigenvalue weighted by molar-refractivity contribution is 0.459. The fourth-order valence-corrected chi connectivity index (χ4v) is 4.48. The summed E-state index contributed by atoms with van der Waals surface area (Å²) in [5.41, 5.74) is 3.18. The van der Waals surface area contributed by atoms with Crippen LogP contribution in [0.5, 0.6) is 0 Å². The van der Waals surface area contributed by atoms with Crippen LogP contribution in [0.3, 0.4) is 0 Å². The van der Waals surface area contributed by atoms with E-state index < -0.39 is 10.0 Å². The quantitative estimate of drug-likeness (QED) is 0.736. The third-order valence-electron chi connectivity index (χ3n) is 4.49. The molecule has 0 bridgehead atoms. The van der Waals surface area contributed by atoms with Crippen LogP contribution in [-0.2, 0) is 22.9 Å². The molecule has 0 fully saturated rings. The maximum Gasteiger partial charge on any atom is 0.261 e. The van der Waals surface area contributed by atoms with E-state index in [4.69, 9.17) is 0 Å². The molecular weight excluding hydrogens is 400 g/mol. The summed E-state index contributed by atoms with van der Waals surface area (Å²) >= 11 is 3.32. The highest BCUT2D eigenvalue weighted by molar-refractivity contribution is 9.10. The molecule has 2 aromatic rings. The van der Waals surface area contributed by atoms with E-state index in [1.165, 1.54) is 11.1 Å². The van der Waals surface area contributed by atoms with Gasteiger partial charge in [0.25, 0.3) is 10.0 Å². The Balaban J connectivity index is 1.74. The van der Waals surface area contributed by atoms with Crippen LogP contribution in [-0.4, -0.2) is 21.0 Å². The number of benzene rings is 2. The molecule has 3 rings (SSSR count). The number of fused-ring (bicyclic) bond motifs is 1. The molecule has 0 saturated heterocycles. The first-order chi connectivity index (χ1) is 12.0. The van der Waals surface area contributed by atoms with E-state index in [1.807, 2.05) is 12.1 Å². The fraction of sp³-hybridized carbons (Fsp3) is 0.368. The Morgan fingerprint density at radius 2 is 1.88 bits per heavy atom. The molecule has 0 saturated carbocycles. The van der Waals surface area contributed by atoms with E-state index in [1.54, 1.807) is 24.3 Å². The first-order valence-corrected chi connectivity index (χ1v) is 10.9. The van der Waals surface area contributed by atoms with Gasteiger partial charge >= 0.3 is 0 Å². The summed E-state index contributed by atoms with van der Waals surface area (Å²) in [6.07, 6.45) is 4.22. The minimum absolute atomic E-state index is 0.261. The van der Waals surface area contributed by atoms with Crippen LogP contribution in [0.15, 0.2) is 51.8 Å². The van der Waals surface area contributed by atoms with Crippen molar-refractivity contribution in [3.63, 3.8) is 0 Å². The molecule has 1 aliphatic rings. The minimum atomic E-state index is -3.56. The van der Waals surface area contributed by atoms with Gasteiger partial charge in [-0.15, -0.1) is 0 Å². The molecule has 6 heteroatoms. The number of halogens is 1. The van der Waals surface area contributed by atoms with Crippen LogP contribution in [0.25, 0.3) is 0 Å². The van der Waals surface area contributed by atoms with E-state index in [2.05, 4.69) is 39.0 Å². The van der Waals surface area contributed by atoms with Crippen molar-refractivity contribution >= 4 is 31.6 Å². The van der Waals surface area contributed by atoms with Gasteiger partial charge in [0.1, 0.15) is 0 Å². The number of nitrogens with one attached hydrogen (secondary N) is 2. The van der Waals surface area contributed by atoms with Crippen molar-refractivity contribution in [3.8, 4) is 0 Å². The number of hydrogen-bond donors (Lipinski definition) is 2. The molecule has 0 aliphatic heterocycles. The second-order valence-electron chi connectivity index (χ2n) is 6.44. The Labute approximate surface area is 158 Å². The molecule has 0 spiro atoms. The maximum absolute atomic E-state index is 12.5. The molecule has 1 atom stereocenters. The maximum atomic E-state index is 12.5. The molecule has 0 radical (unpaired) electrons. The van der Waals surface area contributed by atoms with Crippen molar-refractivity contribution in [2.75, 3.05) is 11.3 Å². The average Bonchev–Trinajstić information content (AvgIpc) is 2.60. The lowest BCUT2D eigenvalue weighted by Crippen LogP contribution is -2.35. The summed E-state index contributed by atoms with van der Waals surface area (Å²) < 4.78 is 28.6. The molecule has 0 aromatic heterocycles. The fourth-order valence-electron chi connectivity index (χ4n) is 3.17. The van der Waals surface area contributed by atoms with Crippen molar-refractivity contribution in [1.29, 1.82) is 0 Å². The first kappa shape index (κ1) is 18.4. The highest BCUT2D eigenvalue weighted by atomic mass is 79.9. The van der Waals surface area contributed by atoms with E-state index in [0.29, 0.717) is 11.7 Å². The van der Waals surface area contributed by atoms with Crippen LogP contribution in [0, 0.1) is 0 Å². The van der Waals surface area contributed by atoms with Crippen LogP contribution >= 0.6 is 15.9 Å². The minimum Gasteiger partial charge on any atom is -0.314 e. The molecule has 4 nitrogen and oxygen atoms in total. The Morgan fingerprint density at radius 3 is 2.60 bits per heavy atom. The molecule has 0 heterocycles. The summed E-state index contributed by atoms with van der Waals surface area (Å²) in [7, 11) is -3.56. The summed E-state index contributed by atoms with van der Waals surface area (Å²) in [5.74, 6) is 0. The molecule has 2 N–H and O–H groups in total. The number of rotatable bonds is 6. The summed E-state index contributed by atoms with van der Waals surface area (Å²) in [5, 5.41) is 3.58. The number of hydrogen-bond acceptors (Lipinski definition) is 3. The predicted octanol–water partition coefficient (Wildman–Crippen LogP) is 4.11. The second kappa shape index (κ2) is 7.89. The van der Waals surface area contributed by atoms with E-state index in [9.17, 15) is 8.42 Å². The van der Waals surface area contributed by atoms with Crippen LogP contribution in [0.2, 0.25) is 0 Å². The van der Waals surface area contributed by atoms with Gasteiger partial charge in [-0.05, 0) is 79.8 Å². The van der Waals surface area contributed by atoms with Crippen LogP contribution in [0.4, 0.5) is 5.69 Å². The van der Waals surface area contributed by atoms with Gasteiger partial charge in [-0.25, -0.2) is 8.42 Å². The predicted molar refractivity (Wildman–Crippen MR) is 105 cm³/mol. The smallest absolute Gasteiger partial charge is 0.261 e. The monoisotopic (exact) mass is 422 g/mol. The van der Waals surface area contributed by atoms with Crippen LogP contribution in [0.1, 0.15) is 30.9 Å². The average molecular weight is 423 g/mol. The number of aryl methyl sites for hydroxylation is 1. The Hall–Kier alpha value is -1.37. The van der Waals surface area contributed by atoms with Gasteiger partial charge in [-0.2, -0.15) is 0 Å². The standard InChI is InChI=1S/C19H23BrN2O2S/c1-2-11-21-17-7-3-15-13-18(8-4-14(15)12-17)22-25(23,24)19-9-5-16(20)6-10-19/h4-6,8-10,13,17,21-22H,2-3,7,11-12H2,1H3. The highest BCUT2D eigenvalue weighted by Crippen LogP contribution is 2.26. The molecule has 1 aliphatic carbocycles. The van der Waals surface area contributed by atoms with Gasteiger partial charge in [-0.1, -0.05) is 28.9 Å².